The van der Waals surface area contributed by atoms with Crippen LogP contribution in [-0.4, -0.2) is 16.8 Å². The van der Waals surface area contributed by atoms with Crippen LogP contribution in [0.15, 0.2) is 36.5 Å². The number of nitrogens with zero attached hydrogens (tertiary/aromatic N) is 2. The smallest absolute Gasteiger partial charge is 0.123 e. The average molecular weight is 205 g/mol. The largest absolute Gasteiger partial charge is 0.314 e. The Labute approximate surface area is 87.5 Å². The standard InChI is InChI=1S/C11H12FN3/c1-13-8-10-6-7-15(14-10)11-4-2-9(12)3-5-11/h2-7,13H,8H2,1H3. The Balaban J connectivity index is 2.25. The summed E-state index contributed by atoms with van der Waals surface area (Å²) in [6, 6.07) is 8.18. The Morgan fingerprint density at radius 2 is 2.00 bits per heavy atom. The molecule has 2 rings (SSSR count). The highest BCUT2D eigenvalue weighted by Crippen LogP contribution is 2.08. The van der Waals surface area contributed by atoms with Crippen molar-refractivity contribution in [2.75, 3.05) is 7.05 Å². The summed E-state index contributed by atoms with van der Waals surface area (Å²) in [6.07, 6.45) is 1.86. The van der Waals surface area contributed by atoms with E-state index >= 15 is 0 Å². The van der Waals surface area contributed by atoms with Crippen LogP contribution in [0.3, 0.4) is 0 Å². The first-order valence-electron chi connectivity index (χ1n) is 4.74. The van der Waals surface area contributed by atoms with E-state index in [9.17, 15) is 4.39 Å². The van der Waals surface area contributed by atoms with Gasteiger partial charge < -0.3 is 5.32 Å². The predicted octanol–water partition coefficient (Wildman–Crippen LogP) is 1.73. The highest BCUT2D eigenvalue weighted by molar-refractivity contribution is 5.31. The molecular formula is C11H12FN3. The fourth-order valence-electron chi connectivity index (χ4n) is 1.37. The van der Waals surface area contributed by atoms with Crippen LogP contribution < -0.4 is 5.32 Å². The number of aromatic nitrogens is 2. The van der Waals surface area contributed by atoms with Gasteiger partial charge in [-0.3, -0.25) is 0 Å². The number of hydrogen-bond acceptors (Lipinski definition) is 2. The summed E-state index contributed by atoms with van der Waals surface area (Å²) >= 11 is 0. The van der Waals surface area contributed by atoms with Gasteiger partial charge in [0.25, 0.3) is 0 Å². The molecule has 0 unspecified atom stereocenters. The molecule has 15 heavy (non-hydrogen) atoms. The fraction of sp³-hybridized carbons (Fsp3) is 0.182. The van der Waals surface area contributed by atoms with Crippen molar-refractivity contribution >= 4 is 0 Å². The third-order valence-electron chi connectivity index (χ3n) is 2.09. The van der Waals surface area contributed by atoms with Gasteiger partial charge in [-0.1, -0.05) is 0 Å². The van der Waals surface area contributed by atoms with E-state index in [2.05, 4.69) is 10.4 Å². The lowest BCUT2D eigenvalue weighted by molar-refractivity contribution is 0.627. The molecule has 3 nitrogen and oxygen atoms in total. The molecule has 0 saturated carbocycles. The second-order valence-corrected chi connectivity index (χ2v) is 3.26. The van der Waals surface area contributed by atoms with Gasteiger partial charge in [0, 0.05) is 12.7 Å². The highest BCUT2D eigenvalue weighted by Gasteiger charge is 2.00. The van der Waals surface area contributed by atoms with Gasteiger partial charge in [0.05, 0.1) is 11.4 Å². The molecule has 0 spiro atoms. The van der Waals surface area contributed by atoms with Crippen LogP contribution >= 0.6 is 0 Å². The molecule has 0 radical (unpaired) electrons. The Morgan fingerprint density at radius 3 is 2.67 bits per heavy atom. The molecular weight excluding hydrogens is 193 g/mol. The van der Waals surface area contributed by atoms with Gasteiger partial charge in [-0.05, 0) is 37.4 Å². The zero-order chi connectivity index (χ0) is 10.7. The summed E-state index contributed by atoms with van der Waals surface area (Å²) in [5.74, 6) is -0.235. The van der Waals surface area contributed by atoms with Gasteiger partial charge in [0.1, 0.15) is 5.82 Å². The first-order chi connectivity index (χ1) is 7.29. The van der Waals surface area contributed by atoms with Gasteiger partial charge in [0.15, 0.2) is 0 Å². The van der Waals surface area contributed by atoms with E-state index in [-0.39, 0.29) is 5.82 Å². The quantitative estimate of drug-likeness (QED) is 0.827. The van der Waals surface area contributed by atoms with Crippen molar-refractivity contribution < 1.29 is 4.39 Å². The molecule has 1 aromatic carbocycles. The SMILES string of the molecule is CNCc1ccn(-c2ccc(F)cc2)n1. The second-order valence-electron chi connectivity index (χ2n) is 3.26. The maximum atomic E-state index is 12.7. The molecule has 1 heterocycles. The number of rotatable bonds is 3. The Kier molecular flexibility index (Phi) is 2.78. The minimum atomic E-state index is -0.235. The average Bonchev–Trinajstić information content (AvgIpc) is 2.68. The molecule has 2 aromatic rings. The Morgan fingerprint density at radius 1 is 1.27 bits per heavy atom. The van der Waals surface area contributed by atoms with Gasteiger partial charge in [0.2, 0.25) is 0 Å². The van der Waals surface area contributed by atoms with Crippen molar-refractivity contribution in [3.63, 3.8) is 0 Å². The Bertz CT molecular complexity index is 433. The van der Waals surface area contributed by atoms with Crippen molar-refractivity contribution in [2.24, 2.45) is 0 Å². The van der Waals surface area contributed by atoms with Crippen LogP contribution in [0.4, 0.5) is 4.39 Å². The number of halogens is 1. The van der Waals surface area contributed by atoms with E-state index in [0.717, 1.165) is 17.9 Å². The van der Waals surface area contributed by atoms with E-state index in [1.807, 2.05) is 19.3 Å². The molecule has 0 amide bonds. The molecule has 0 bridgehead atoms. The lowest BCUT2D eigenvalue weighted by atomic mass is 10.3. The van der Waals surface area contributed by atoms with E-state index in [4.69, 9.17) is 0 Å². The van der Waals surface area contributed by atoms with Crippen molar-refractivity contribution in [3.05, 3.63) is 48.0 Å². The topological polar surface area (TPSA) is 29.9 Å². The van der Waals surface area contributed by atoms with Crippen molar-refractivity contribution in [2.45, 2.75) is 6.54 Å². The van der Waals surface area contributed by atoms with Crippen LogP contribution in [0.1, 0.15) is 5.69 Å². The number of hydrogen-bond donors (Lipinski definition) is 1. The highest BCUT2D eigenvalue weighted by atomic mass is 19.1. The van der Waals surface area contributed by atoms with Crippen LogP contribution in [0, 0.1) is 5.82 Å². The van der Waals surface area contributed by atoms with E-state index in [0.29, 0.717) is 0 Å². The van der Waals surface area contributed by atoms with Crippen molar-refractivity contribution in [3.8, 4) is 5.69 Å². The molecule has 0 aliphatic heterocycles. The molecule has 1 N–H and O–H groups in total. The molecule has 1 aromatic heterocycles. The van der Waals surface area contributed by atoms with Crippen LogP contribution in [0.25, 0.3) is 5.69 Å². The summed E-state index contributed by atoms with van der Waals surface area (Å²) in [5, 5.41) is 7.35. The van der Waals surface area contributed by atoms with Crippen molar-refractivity contribution in [1.82, 2.24) is 15.1 Å². The zero-order valence-corrected chi connectivity index (χ0v) is 8.44. The summed E-state index contributed by atoms with van der Waals surface area (Å²) in [5.41, 5.74) is 1.82. The maximum absolute atomic E-state index is 12.7. The van der Waals surface area contributed by atoms with Crippen molar-refractivity contribution in [1.29, 1.82) is 0 Å². The lowest BCUT2D eigenvalue weighted by Crippen LogP contribution is -2.06. The minimum absolute atomic E-state index is 0.235. The normalized spacial score (nSPS) is 10.5. The minimum Gasteiger partial charge on any atom is -0.314 e. The van der Waals surface area contributed by atoms with E-state index < -0.39 is 0 Å². The third kappa shape index (κ3) is 2.22. The first kappa shape index (κ1) is 9.86. The molecule has 0 atom stereocenters. The van der Waals surface area contributed by atoms with Gasteiger partial charge in [-0.15, -0.1) is 0 Å². The predicted molar refractivity (Wildman–Crippen MR) is 56.3 cm³/mol. The zero-order valence-electron chi connectivity index (χ0n) is 8.44. The number of nitrogens with one attached hydrogen (secondary N) is 1. The Hall–Kier alpha value is -1.68. The molecule has 0 saturated heterocycles. The fourth-order valence-corrected chi connectivity index (χ4v) is 1.37. The summed E-state index contributed by atoms with van der Waals surface area (Å²) in [6.45, 7) is 0.730. The third-order valence-corrected chi connectivity index (χ3v) is 2.09. The molecule has 4 heteroatoms. The first-order valence-corrected chi connectivity index (χ1v) is 4.74. The summed E-state index contributed by atoms with van der Waals surface area (Å²) in [4.78, 5) is 0. The van der Waals surface area contributed by atoms with Gasteiger partial charge >= 0.3 is 0 Å². The number of benzene rings is 1. The van der Waals surface area contributed by atoms with E-state index in [1.165, 1.54) is 12.1 Å². The van der Waals surface area contributed by atoms with Gasteiger partial charge in [-0.25, -0.2) is 9.07 Å². The molecule has 0 fully saturated rings. The van der Waals surface area contributed by atoms with Crippen LogP contribution in [0.2, 0.25) is 0 Å². The van der Waals surface area contributed by atoms with Crippen LogP contribution in [0.5, 0.6) is 0 Å². The lowest BCUT2D eigenvalue weighted by Gasteiger charge is -2.00. The summed E-state index contributed by atoms with van der Waals surface area (Å²) < 4.78 is 14.4. The molecule has 0 aliphatic carbocycles. The maximum Gasteiger partial charge on any atom is 0.123 e. The van der Waals surface area contributed by atoms with Gasteiger partial charge in [-0.2, -0.15) is 5.10 Å². The molecule has 78 valence electrons. The monoisotopic (exact) mass is 205 g/mol. The van der Waals surface area contributed by atoms with E-state index in [1.54, 1.807) is 16.8 Å². The van der Waals surface area contributed by atoms with Crippen LogP contribution in [-0.2, 0) is 6.54 Å². The second kappa shape index (κ2) is 4.23. The summed E-state index contributed by atoms with van der Waals surface area (Å²) in [7, 11) is 1.87. The molecule has 0 aliphatic rings.